The summed E-state index contributed by atoms with van der Waals surface area (Å²) in [6, 6.07) is 20.1. The van der Waals surface area contributed by atoms with Crippen molar-refractivity contribution in [1.29, 1.82) is 0 Å². The second-order valence-electron chi connectivity index (χ2n) is 7.42. The fourth-order valence-electron chi connectivity index (χ4n) is 3.91. The van der Waals surface area contributed by atoms with E-state index in [1.54, 1.807) is 0 Å². The fourth-order valence-corrected chi connectivity index (χ4v) is 3.91. The molecule has 0 amide bonds. The van der Waals surface area contributed by atoms with Crippen LogP contribution >= 0.6 is 0 Å². The number of hydrogen-bond donors (Lipinski definition) is 1. The fraction of sp³-hybridized carbons (Fsp3) is 0.391. The Morgan fingerprint density at radius 1 is 0.731 bits per heavy atom. The molecule has 0 radical (unpaired) electrons. The van der Waals surface area contributed by atoms with Crippen molar-refractivity contribution in [3.05, 3.63) is 77.4 Å². The number of nitrogens with one attached hydrogen (secondary N) is 1. The first kappa shape index (κ1) is 17.5. The van der Waals surface area contributed by atoms with Gasteiger partial charge in [-0.15, -0.1) is 0 Å². The molecule has 1 N–H and O–H groups in total. The normalized spacial score (nSPS) is 19.3. The summed E-state index contributed by atoms with van der Waals surface area (Å²) in [4.78, 5) is 5.15. The molecule has 0 saturated carbocycles. The minimum absolute atomic E-state index is 1.00. The summed E-state index contributed by atoms with van der Waals surface area (Å²) < 4.78 is 0. The predicted octanol–water partition coefficient (Wildman–Crippen LogP) is 3.38. The molecule has 0 atom stereocenters. The largest absolute Gasteiger partial charge is 0.313 e. The smallest absolute Gasteiger partial charge is 0.0234 e. The summed E-state index contributed by atoms with van der Waals surface area (Å²) in [5.74, 6) is 0. The SMILES string of the molecule is C1=C(c2ccc(CN3CCN(Cc4ccccc4)CC3)cc2)CCNC1. The van der Waals surface area contributed by atoms with Crippen LogP contribution in [0.15, 0.2) is 60.7 Å². The standard InChI is InChI=1S/C23H29N3/c1-2-4-20(5-3-1)18-25-14-16-26(17-15-25)19-21-6-8-22(9-7-21)23-10-12-24-13-11-23/h1-10,24H,11-19H2. The van der Waals surface area contributed by atoms with E-state index in [-0.39, 0.29) is 0 Å². The first-order valence-corrected chi connectivity index (χ1v) is 9.84. The zero-order valence-electron chi connectivity index (χ0n) is 15.5. The van der Waals surface area contributed by atoms with Crippen LogP contribution in [0.2, 0.25) is 0 Å². The molecule has 0 aromatic heterocycles. The Kier molecular flexibility index (Phi) is 5.80. The van der Waals surface area contributed by atoms with E-state index in [9.17, 15) is 0 Å². The topological polar surface area (TPSA) is 18.5 Å². The second-order valence-corrected chi connectivity index (χ2v) is 7.42. The van der Waals surface area contributed by atoms with Crippen molar-refractivity contribution >= 4 is 5.57 Å². The van der Waals surface area contributed by atoms with E-state index in [1.807, 2.05) is 0 Å². The lowest BCUT2D eigenvalue weighted by Crippen LogP contribution is -2.45. The van der Waals surface area contributed by atoms with Gasteiger partial charge in [-0.25, -0.2) is 0 Å². The van der Waals surface area contributed by atoms with Crippen LogP contribution in [0.1, 0.15) is 23.1 Å². The van der Waals surface area contributed by atoms with Gasteiger partial charge in [0.25, 0.3) is 0 Å². The van der Waals surface area contributed by atoms with Gasteiger partial charge >= 0.3 is 0 Å². The third-order valence-corrected chi connectivity index (χ3v) is 5.51. The summed E-state index contributed by atoms with van der Waals surface area (Å²) in [5, 5.41) is 3.38. The molecule has 2 heterocycles. The molecule has 2 aromatic carbocycles. The van der Waals surface area contributed by atoms with Crippen molar-refractivity contribution in [2.75, 3.05) is 39.3 Å². The third-order valence-electron chi connectivity index (χ3n) is 5.51. The molecule has 0 unspecified atom stereocenters. The van der Waals surface area contributed by atoms with Gasteiger partial charge in [-0.2, -0.15) is 0 Å². The molecule has 26 heavy (non-hydrogen) atoms. The lowest BCUT2D eigenvalue weighted by atomic mass is 9.99. The van der Waals surface area contributed by atoms with Crippen LogP contribution in [0.25, 0.3) is 5.57 Å². The highest BCUT2D eigenvalue weighted by molar-refractivity contribution is 5.66. The Labute approximate surface area is 157 Å². The van der Waals surface area contributed by atoms with E-state index in [4.69, 9.17) is 0 Å². The van der Waals surface area contributed by atoms with Crippen molar-refractivity contribution < 1.29 is 0 Å². The summed E-state index contributed by atoms with van der Waals surface area (Å²) in [5.41, 5.74) is 5.73. The number of rotatable bonds is 5. The van der Waals surface area contributed by atoms with Crippen molar-refractivity contribution in [1.82, 2.24) is 15.1 Å². The van der Waals surface area contributed by atoms with Gasteiger partial charge in [-0.1, -0.05) is 60.7 Å². The first-order valence-electron chi connectivity index (χ1n) is 9.84. The zero-order chi connectivity index (χ0) is 17.6. The predicted molar refractivity (Wildman–Crippen MR) is 109 cm³/mol. The van der Waals surface area contributed by atoms with Crippen molar-refractivity contribution in [2.45, 2.75) is 19.5 Å². The second kappa shape index (κ2) is 8.63. The molecule has 3 heteroatoms. The lowest BCUT2D eigenvalue weighted by molar-refractivity contribution is 0.122. The third kappa shape index (κ3) is 4.61. The van der Waals surface area contributed by atoms with Crippen molar-refractivity contribution in [2.24, 2.45) is 0 Å². The minimum Gasteiger partial charge on any atom is -0.313 e. The molecular formula is C23H29N3. The number of hydrogen-bond acceptors (Lipinski definition) is 3. The highest BCUT2D eigenvalue weighted by Gasteiger charge is 2.17. The van der Waals surface area contributed by atoms with Crippen LogP contribution in [0.4, 0.5) is 0 Å². The molecule has 4 rings (SSSR count). The van der Waals surface area contributed by atoms with Crippen LogP contribution in [-0.2, 0) is 13.1 Å². The highest BCUT2D eigenvalue weighted by atomic mass is 15.3. The monoisotopic (exact) mass is 347 g/mol. The average Bonchev–Trinajstić information content (AvgIpc) is 2.72. The molecule has 136 valence electrons. The maximum atomic E-state index is 3.38. The summed E-state index contributed by atoms with van der Waals surface area (Å²) in [6.45, 7) is 8.88. The van der Waals surface area contributed by atoms with E-state index in [2.05, 4.69) is 75.8 Å². The quantitative estimate of drug-likeness (QED) is 0.894. The molecule has 2 aromatic rings. The van der Waals surface area contributed by atoms with Gasteiger partial charge in [0.05, 0.1) is 0 Å². The molecule has 3 nitrogen and oxygen atoms in total. The highest BCUT2D eigenvalue weighted by Crippen LogP contribution is 2.20. The van der Waals surface area contributed by atoms with Crippen molar-refractivity contribution in [3.8, 4) is 0 Å². The van der Waals surface area contributed by atoms with E-state index >= 15 is 0 Å². The number of benzene rings is 2. The maximum Gasteiger partial charge on any atom is 0.0234 e. The van der Waals surface area contributed by atoms with E-state index in [0.717, 1.165) is 58.8 Å². The van der Waals surface area contributed by atoms with Gasteiger partial charge in [0.2, 0.25) is 0 Å². The van der Waals surface area contributed by atoms with Crippen molar-refractivity contribution in [3.63, 3.8) is 0 Å². The zero-order valence-corrected chi connectivity index (χ0v) is 15.5. The molecule has 0 spiro atoms. The van der Waals surface area contributed by atoms with E-state index in [1.165, 1.54) is 22.3 Å². The number of nitrogens with zero attached hydrogens (tertiary/aromatic N) is 2. The first-order chi connectivity index (χ1) is 12.9. The lowest BCUT2D eigenvalue weighted by Gasteiger charge is -2.34. The Balaban J connectivity index is 1.27. The molecule has 2 aliphatic rings. The van der Waals surface area contributed by atoms with E-state index < -0.39 is 0 Å². The summed E-state index contributed by atoms with van der Waals surface area (Å²) in [7, 11) is 0. The van der Waals surface area contributed by atoms with Crippen LogP contribution in [0.3, 0.4) is 0 Å². The molecule has 0 aliphatic carbocycles. The minimum atomic E-state index is 1.00. The van der Waals surface area contributed by atoms with Gasteiger partial charge in [0.15, 0.2) is 0 Å². The van der Waals surface area contributed by atoms with Gasteiger partial charge in [0, 0.05) is 45.8 Å². The molecule has 2 aliphatic heterocycles. The van der Waals surface area contributed by atoms with Crippen LogP contribution in [-0.4, -0.2) is 49.1 Å². The molecule has 0 bridgehead atoms. The Morgan fingerprint density at radius 2 is 1.35 bits per heavy atom. The Morgan fingerprint density at radius 3 is 1.92 bits per heavy atom. The van der Waals surface area contributed by atoms with Gasteiger partial charge in [-0.3, -0.25) is 9.80 Å². The van der Waals surface area contributed by atoms with Gasteiger partial charge < -0.3 is 5.32 Å². The van der Waals surface area contributed by atoms with Gasteiger partial charge in [-0.05, 0) is 35.2 Å². The van der Waals surface area contributed by atoms with Crippen LogP contribution < -0.4 is 5.32 Å². The maximum absolute atomic E-state index is 3.38. The molecule has 1 saturated heterocycles. The van der Waals surface area contributed by atoms with Crippen LogP contribution in [0.5, 0.6) is 0 Å². The Hall–Kier alpha value is -1.94. The van der Waals surface area contributed by atoms with Crippen LogP contribution in [0, 0.1) is 0 Å². The number of piperazine rings is 1. The van der Waals surface area contributed by atoms with E-state index in [0.29, 0.717) is 0 Å². The Bertz CT molecular complexity index is 713. The molecular weight excluding hydrogens is 318 g/mol. The summed E-state index contributed by atoms with van der Waals surface area (Å²) >= 11 is 0. The summed E-state index contributed by atoms with van der Waals surface area (Å²) in [6.07, 6.45) is 3.47. The average molecular weight is 348 g/mol. The molecule has 1 fully saturated rings. The van der Waals surface area contributed by atoms with Gasteiger partial charge in [0.1, 0.15) is 0 Å².